The molecular weight excluding hydrogens is 641 g/mol. The Balaban J connectivity index is 1.90. The lowest BCUT2D eigenvalue weighted by atomic mass is 9.95. The SMILES string of the molecule is CC(=O)N[C@H]1[C@@H](O[C@H]2[C@@H](O)[C@@H](CO)O[C@@H](OCCCNC(=O)C(F)(F)F)[C@@H]2O[C@@H]2O[C@@H](C)[C@@H](O)[C@@H](O)[C@@H]2O)O[C@H](CO)[C@@H](O)[C@@H]1O. The highest BCUT2D eigenvalue weighted by Gasteiger charge is 2.54. The summed E-state index contributed by atoms with van der Waals surface area (Å²) < 4.78 is 71.5. The summed E-state index contributed by atoms with van der Waals surface area (Å²) in [6.07, 6.45) is -28.5. The van der Waals surface area contributed by atoms with Crippen molar-refractivity contribution in [1.29, 1.82) is 0 Å². The molecule has 0 aromatic rings. The Bertz CT molecular complexity index is 999. The fourth-order valence-electron chi connectivity index (χ4n) is 5.07. The van der Waals surface area contributed by atoms with E-state index in [1.54, 1.807) is 5.32 Å². The van der Waals surface area contributed by atoms with Gasteiger partial charge in [-0.05, 0) is 13.3 Å². The van der Waals surface area contributed by atoms with E-state index in [1.807, 2.05) is 0 Å². The molecule has 3 aliphatic rings. The Kier molecular flexibility index (Phi) is 13.9. The highest BCUT2D eigenvalue weighted by molar-refractivity contribution is 5.81. The van der Waals surface area contributed by atoms with Gasteiger partial charge in [0.25, 0.3) is 0 Å². The summed E-state index contributed by atoms with van der Waals surface area (Å²) in [7, 11) is 0. The molecule has 18 nitrogen and oxygen atoms in total. The molecule has 0 aliphatic carbocycles. The van der Waals surface area contributed by atoms with Crippen molar-refractivity contribution >= 4 is 11.8 Å². The van der Waals surface area contributed by atoms with Crippen molar-refractivity contribution in [1.82, 2.24) is 10.6 Å². The van der Waals surface area contributed by atoms with Crippen LogP contribution in [0.25, 0.3) is 0 Å². The van der Waals surface area contributed by atoms with Crippen LogP contribution in [0.5, 0.6) is 0 Å². The second-order valence-electron chi connectivity index (χ2n) is 11.0. The number of aliphatic hydroxyl groups excluding tert-OH is 8. The van der Waals surface area contributed by atoms with E-state index in [2.05, 4.69) is 5.32 Å². The van der Waals surface area contributed by atoms with Crippen molar-refractivity contribution in [2.45, 2.75) is 119 Å². The Morgan fingerprint density at radius 1 is 0.761 bits per heavy atom. The minimum Gasteiger partial charge on any atom is -0.394 e. The van der Waals surface area contributed by atoms with E-state index in [9.17, 15) is 63.6 Å². The Labute approximate surface area is 259 Å². The smallest absolute Gasteiger partial charge is 0.394 e. The van der Waals surface area contributed by atoms with Crippen molar-refractivity contribution in [3.8, 4) is 0 Å². The van der Waals surface area contributed by atoms with Crippen LogP contribution in [-0.2, 0) is 38.0 Å². The molecule has 10 N–H and O–H groups in total. The second kappa shape index (κ2) is 16.5. The zero-order chi connectivity index (χ0) is 34.5. The molecule has 0 saturated carbocycles. The summed E-state index contributed by atoms with van der Waals surface area (Å²) >= 11 is 0. The number of carbonyl (C=O) groups excluding carboxylic acids is 2. The first kappa shape index (κ1) is 38.6. The number of halogens is 3. The van der Waals surface area contributed by atoms with Gasteiger partial charge in [-0.25, -0.2) is 0 Å². The number of ether oxygens (including phenoxy) is 6. The number of nitrogens with one attached hydrogen (secondary N) is 2. The molecule has 0 radical (unpaired) electrons. The van der Waals surface area contributed by atoms with Gasteiger partial charge in [-0.1, -0.05) is 0 Å². The summed E-state index contributed by atoms with van der Waals surface area (Å²) in [5.41, 5.74) is 0. The summed E-state index contributed by atoms with van der Waals surface area (Å²) in [5, 5.41) is 86.7. The number of hydrogen-bond acceptors (Lipinski definition) is 16. The number of hydrogen-bond donors (Lipinski definition) is 10. The molecule has 21 heteroatoms. The van der Waals surface area contributed by atoms with Crippen LogP contribution in [0.15, 0.2) is 0 Å². The molecule has 46 heavy (non-hydrogen) atoms. The monoisotopic (exact) mass is 682 g/mol. The average molecular weight is 683 g/mol. The molecule has 0 aromatic carbocycles. The van der Waals surface area contributed by atoms with Gasteiger partial charge in [0.2, 0.25) is 5.91 Å². The highest BCUT2D eigenvalue weighted by atomic mass is 19.4. The lowest BCUT2D eigenvalue weighted by Crippen LogP contribution is -2.68. The lowest BCUT2D eigenvalue weighted by molar-refractivity contribution is -0.385. The normalized spacial score (nSPS) is 42.0. The van der Waals surface area contributed by atoms with Crippen LogP contribution in [0.4, 0.5) is 13.2 Å². The molecule has 268 valence electrons. The third-order valence-electron chi connectivity index (χ3n) is 7.59. The van der Waals surface area contributed by atoms with E-state index in [-0.39, 0.29) is 6.42 Å². The lowest BCUT2D eigenvalue weighted by Gasteiger charge is -2.49. The first-order chi connectivity index (χ1) is 21.5. The van der Waals surface area contributed by atoms with E-state index in [4.69, 9.17) is 28.4 Å². The van der Waals surface area contributed by atoms with Crippen molar-refractivity contribution in [2.75, 3.05) is 26.4 Å². The van der Waals surface area contributed by atoms with Crippen LogP contribution in [0.1, 0.15) is 20.3 Å². The summed E-state index contributed by atoms with van der Waals surface area (Å²) in [4.78, 5) is 23.0. The summed E-state index contributed by atoms with van der Waals surface area (Å²) in [6, 6.07) is -1.51. The second-order valence-corrected chi connectivity index (χ2v) is 11.0. The molecule has 3 aliphatic heterocycles. The maximum absolute atomic E-state index is 12.5. The van der Waals surface area contributed by atoms with Gasteiger partial charge in [-0.3, -0.25) is 9.59 Å². The summed E-state index contributed by atoms with van der Waals surface area (Å²) in [5.74, 6) is -2.89. The van der Waals surface area contributed by atoms with Gasteiger partial charge >= 0.3 is 12.1 Å². The standard InChI is InChI=1S/C25H41F3N2O16/c1-8-13(34)17(38)18(39)22(42-8)46-20-19(45-21-12(30-9(2)33)16(37)14(35)10(6-31)43-21)15(36)11(7-32)44-23(20)41-5-3-4-29-24(40)25(26,27)28/h8,10-23,31-32,34-39H,3-7H2,1-2H3,(H,29,40)(H,30,33)/t8-,10+,11+,12+,13+,14+,15-,16+,17+,18-,19-,20+,21+,22-,23+/m0/s1. The molecular formula is C25H41F3N2O16. The molecule has 3 rings (SSSR count). The molecule has 15 atom stereocenters. The van der Waals surface area contributed by atoms with Crippen LogP contribution in [0, 0.1) is 0 Å². The fraction of sp³-hybridized carbons (Fsp3) is 0.920. The van der Waals surface area contributed by atoms with Gasteiger partial charge in [0.15, 0.2) is 18.9 Å². The Hall–Kier alpha value is -1.83. The number of carbonyl (C=O) groups is 2. The molecule has 0 aromatic heterocycles. The van der Waals surface area contributed by atoms with E-state index in [0.717, 1.165) is 6.92 Å². The zero-order valence-corrected chi connectivity index (χ0v) is 24.7. The van der Waals surface area contributed by atoms with Crippen LogP contribution < -0.4 is 10.6 Å². The van der Waals surface area contributed by atoms with E-state index in [0.29, 0.717) is 0 Å². The first-order valence-electron chi connectivity index (χ1n) is 14.3. The third kappa shape index (κ3) is 9.19. The number of rotatable bonds is 12. The topological polar surface area (TPSA) is 275 Å². The predicted octanol–water partition coefficient (Wildman–Crippen LogP) is -5.31. The zero-order valence-electron chi connectivity index (χ0n) is 24.7. The highest BCUT2D eigenvalue weighted by Crippen LogP contribution is 2.34. The maximum Gasteiger partial charge on any atom is 0.471 e. The largest absolute Gasteiger partial charge is 0.471 e. The molecule has 3 saturated heterocycles. The Morgan fingerprint density at radius 3 is 1.93 bits per heavy atom. The number of amides is 2. The molecule has 3 heterocycles. The van der Waals surface area contributed by atoms with E-state index < -0.39 is 136 Å². The van der Waals surface area contributed by atoms with Crippen molar-refractivity contribution < 1.29 is 92.0 Å². The molecule has 0 unspecified atom stereocenters. The predicted molar refractivity (Wildman–Crippen MR) is 139 cm³/mol. The first-order valence-corrected chi connectivity index (χ1v) is 14.3. The molecule has 2 amide bonds. The molecule has 0 spiro atoms. The number of aliphatic hydroxyl groups is 8. The van der Waals surface area contributed by atoms with Crippen LogP contribution in [-0.4, -0.2) is 177 Å². The summed E-state index contributed by atoms with van der Waals surface area (Å²) in [6.45, 7) is -0.169. The minimum atomic E-state index is -5.12. The van der Waals surface area contributed by atoms with Gasteiger partial charge < -0.3 is 79.9 Å². The van der Waals surface area contributed by atoms with Crippen molar-refractivity contribution in [2.24, 2.45) is 0 Å². The Morgan fingerprint density at radius 2 is 1.35 bits per heavy atom. The minimum absolute atomic E-state index is 0.213. The van der Waals surface area contributed by atoms with E-state index in [1.165, 1.54) is 6.92 Å². The quantitative estimate of drug-likeness (QED) is 0.0861. The van der Waals surface area contributed by atoms with Gasteiger partial charge in [0.05, 0.1) is 25.9 Å². The van der Waals surface area contributed by atoms with Crippen LogP contribution in [0.2, 0.25) is 0 Å². The van der Waals surface area contributed by atoms with Gasteiger partial charge in [-0.2, -0.15) is 13.2 Å². The van der Waals surface area contributed by atoms with Crippen molar-refractivity contribution in [3.05, 3.63) is 0 Å². The van der Waals surface area contributed by atoms with Crippen molar-refractivity contribution in [3.63, 3.8) is 0 Å². The molecule has 3 fully saturated rings. The van der Waals surface area contributed by atoms with Gasteiger partial charge in [0.1, 0.15) is 67.1 Å². The van der Waals surface area contributed by atoms with Crippen LogP contribution in [0.3, 0.4) is 0 Å². The third-order valence-corrected chi connectivity index (χ3v) is 7.59. The van der Waals surface area contributed by atoms with Crippen LogP contribution >= 0.6 is 0 Å². The van der Waals surface area contributed by atoms with Gasteiger partial charge in [-0.15, -0.1) is 0 Å². The maximum atomic E-state index is 12.5. The fourth-order valence-corrected chi connectivity index (χ4v) is 5.07. The average Bonchev–Trinajstić information content (AvgIpc) is 2.99. The van der Waals surface area contributed by atoms with Gasteiger partial charge in [0, 0.05) is 13.5 Å². The molecule has 0 bridgehead atoms. The number of alkyl halides is 3. The van der Waals surface area contributed by atoms with E-state index >= 15 is 0 Å².